The SMILES string of the molecule is CCC1CN(C(=O)c2ccc(C)cc2Cl)C(CC)CN1. The summed E-state index contributed by atoms with van der Waals surface area (Å²) in [7, 11) is 0. The van der Waals surface area contributed by atoms with Crippen molar-refractivity contribution in [2.24, 2.45) is 0 Å². The molecule has 2 rings (SSSR count). The molecule has 0 spiro atoms. The van der Waals surface area contributed by atoms with E-state index in [1.807, 2.05) is 30.0 Å². The number of benzene rings is 1. The van der Waals surface area contributed by atoms with E-state index >= 15 is 0 Å². The summed E-state index contributed by atoms with van der Waals surface area (Å²) in [6.45, 7) is 7.87. The molecule has 1 aliphatic heterocycles. The summed E-state index contributed by atoms with van der Waals surface area (Å²) in [5.41, 5.74) is 1.69. The zero-order valence-corrected chi connectivity index (χ0v) is 13.2. The van der Waals surface area contributed by atoms with Gasteiger partial charge in [0.1, 0.15) is 0 Å². The minimum atomic E-state index is 0.0572. The van der Waals surface area contributed by atoms with Crippen LogP contribution in [0, 0.1) is 6.92 Å². The van der Waals surface area contributed by atoms with Crippen LogP contribution in [0.4, 0.5) is 0 Å². The molecule has 0 radical (unpaired) electrons. The average Bonchev–Trinajstić information content (AvgIpc) is 2.46. The summed E-state index contributed by atoms with van der Waals surface area (Å²) in [6.07, 6.45) is 1.99. The summed E-state index contributed by atoms with van der Waals surface area (Å²) in [4.78, 5) is 14.8. The molecule has 0 aromatic heterocycles. The molecule has 0 aliphatic carbocycles. The van der Waals surface area contributed by atoms with E-state index in [-0.39, 0.29) is 11.9 Å². The van der Waals surface area contributed by atoms with E-state index in [4.69, 9.17) is 11.6 Å². The Morgan fingerprint density at radius 3 is 2.75 bits per heavy atom. The standard InChI is InChI=1S/C16H23ClN2O/c1-4-12-10-19(13(5-2)9-18-12)16(20)14-7-6-11(3)8-15(14)17/h6-8,12-13,18H,4-5,9-10H2,1-3H3. The lowest BCUT2D eigenvalue weighted by molar-refractivity contribution is 0.0576. The van der Waals surface area contributed by atoms with Crippen LogP contribution in [-0.2, 0) is 0 Å². The van der Waals surface area contributed by atoms with Crippen LogP contribution in [0.2, 0.25) is 5.02 Å². The van der Waals surface area contributed by atoms with Crippen molar-refractivity contribution in [1.82, 2.24) is 10.2 Å². The molecule has 0 saturated carbocycles. The van der Waals surface area contributed by atoms with Crippen molar-refractivity contribution < 1.29 is 4.79 Å². The van der Waals surface area contributed by atoms with Crippen LogP contribution in [-0.4, -0.2) is 36.0 Å². The third kappa shape index (κ3) is 3.15. The lowest BCUT2D eigenvalue weighted by atomic mass is 10.0. The molecule has 1 N–H and O–H groups in total. The molecule has 2 atom stereocenters. The van der Waals surface area contributed by atoms with Gasteiger partial charge in [0.2, 0.25) is 0 Å². The van der Waals surface area contributed by atoms with Gasteiger partial charge in [-0.25, -0.2) is 0 Å². The van der Waals surface area contributed by atoms with E-state index in [0.717, 1.165) is 31.5 Å². The second-order valence-corrected chi connectivity index (χ2v) is 5.92. The predicted octanol–water partition coefficient (Wildman–Crippen LogP) is 3.25. The largest absolute Gasteiger partial charge is 0.333 e. The molecular weight excluding hydrogens is 272 g/mol. The number of piperazine rings is 1. The number of carbonyl (C=O) groups excluding carboxylic acids is 1. The summed E-state index contributed by atoms with van der Waals surface area (Å²) in [5, 5.41) is 4.06. The fourth-order valence-electron chi connectivity index (χ4n) is 2.70. The Bertz CT molecular complexity index is 489. The zero-order chi connectivity index (χ0) is 14.7. The van der Waals surface area contributed by atoms with Crippen LogP contribution in [0.5, 0.6) is 0 Å². The Balaban J connectivity index is 2.24. The molecule has 2 unspecified atom stereocenters. The van der Waals surface area contributed by atoms with E-state index in [1.165, 1.54) is 0 Å². The van der Waals surface area contributed by atoms with Crippen molar-refractivity contribution >= 4 is 17.5 Å². The summed E-state index contributed by atoms with van der Waals surface area (Å²) in [5.74, 6) is 0.0572. The average molecular weight is 295 g/mol. The van der Waals surface area contributed by atoms with E-state index in [2.05, 4.69) is 19.2 Å². The first-order chi connectivity index (χ1) is 9.56. The van der Waals surface area contributed by atoms with Crippen LogP contribution in [0.3, 0.4) is 0 Å². The van der Waals surface area contributed by atoms with E-state index < -0.39 is 0 Å². The number of carbonyl (C=O) groups is 1. The second kappa shape index (κ2) is 6.59. The van der Waals surface area contributed by atoms with Crippen LogP contribution in [0.25, 0.3) is 0 Å². The van der Waals surface area contributed by atoms with Gasteiger partial charge in [-0.05, 0) is 37.5 Å². The van der Waals surface area contributed by atoms with Gasteiger partial charge < -0.3 is 10.2 Å². The van der Waals surface area contributed by atoms with Gasteiger partial charge in [0.05, 0.1) is 10.6 Å². The zero-order valence-electron chi connectivity index (χ0n) is 12.4. The number of hydrogen-bond donors (Lipinski definition) is 1. The number of hydrogen-bond acceptors (Lipinski definition) is 2. The van der Waals surface area contributed by atoms with Crippen molar-refractivity contribution in [3.8, 4) is 0 Å². The highest BCUT2D eigenvalue weighted by molar-refractivity contribution is 6.33. The van der Waals surface area contributed by atoms with Crippen LogP contribution in [0.1, 0.15) is 42.6 Å². The van der Waals surface area contributed by atoms with Crippen molar-refractivity contribution in [3.63, 3.8) is 0 Å². The fraction of sp³-hybridized carbons (Fsp3) is 0.562. The van der Waals surface area contributed by atoms with Crippen LogP contribution < -0.4 is 5.32 Å². The number of rotatable bonds is 3. The monoisotopic (exact) mass is 294 g/mol. The molecule has 110 valence electrons. The number of nitrogens with one attached hydrogen (secondary N) is 1. The third-order valence-electron chi connectivity index (χ3n) is 4.08. The lowest BCUT2D eigenvalue weighted by Crippen LogP contribution is -2.57. The molecule has 4 heteroatoms. The van der Waals surface area contributed by atoms with Crippen molar-refractivity contribution in [2.75, 3.05) is 13.1 Å². The first-order valence-electron chi connectivity index (χ1n) is 7.37. The minimum Gasteiger partial charge on any atom is -0.333 e. The van der Waals surface area contributed by atoms with Gasteiger partial charge in [-0.15, -0.1) is 0 Å². The molecule has 1 amide bonds. The van der Waals surface area contributed by atoms with E-state index in [1.54, 1.807) is 0 Å². The highest BCUT2D eigenvalue weighted by Crippen LogP contribution is 2.22. The van der Waals surface area contributed by atoms with E-state index in [9.17, 15) is 4.79 Å². The topological polar surface area (TPSA) is 32.3 Å². The molecular formula is C16H23ClN2O. The van der Waals surface area contributed by atoms with Gasteiger partial charge in [0.15, 0.2) is 0 Å². The van der Waals surface area contributed by atoms with Gasteiger partial charge in [-0.3, -0.25) is 4.79 Å². The van der Waals surface area contributed by atoms with Crippen molar-refractivity contribution in [3.05, 3.63) is 34.3 Å². The quantitative estimate of drug-likeness (QED) is 0.928. The number of amides is 1. The molecule has 1 aromatic carbocycles. The molecule has 1 fully saturated rings. The Morgan fingerprint density at radius 2 is 2.15 bits per heavy atom. The number of aryl methyl sites for hydroxylation is 1. The Hall–Kier alpha value is -1.06. The summed E-state index contributed by atoms with van der Waals surface area (Å²) in [6, 6.07) is 6.28. The first kappa shape index (κ1) is 15.3. The lowest BCUT2D eigenvalue weighted by Gasteiger charge is -2.40. The third-order valence-corrected chi connectivity index (χ3v) is 4.39. The van der Waals surface area contributed by atoms with Gasteiger partial charge in [0.25, 0.3) is 5.91 Å². The fourth-order valence-corrected chi connectivity index (χ4v) is 3.02. The second-order valence-electron chi connectivity index (χ2n) is 5.52. The highest BCUT2D eigenvalue weighted by atomic mass is 35.5. The molecule has 3 nitrogen and oxygen atoms in total. The number of nitrogens with zero attached hydrogens (tertiary/aromatic N) is 1. The normalized spacial score (nSPS) is 22.9. The minimum absolute atomic E-state index is 0.0572. The number of halogens is 1. The van der Waals surface area contributed by atoms with Gasteiger partial charge >= 0.3 is 0 Å². The Labute approximate surface area is 126 Å². The molecule has 1 aromatic rings. The highest BCUT2D eigenvalue weighted by Gasteiger charge is 2.30. The smallest absolute Gasteiger partial charge is 0.255 e. The van der Waals surface area contributed by atoms with Gasteiger partial charge in [-0.2, -0.15) is 0 Å². The van der Waals surface area contributed by atoms with Gasteiger partial charge in [0, 0.05) is 25.2 Å². The van der Waals surface area contributed by atoms with Gasteiger partial charge in [-0.1, -0.05) is 31.5 Å². The molecule has 1 aliphatic rings. The van der Waals surface area contributed by atoms with Crippen molar-refractivity contribution in [1.29, 1.82) is 0 Å². The molecule has 1 heterocycles. The Morgan fingerprint density at radius 1 is 1.40 bits per heavy atom. The van der Waals surface area contributed by atoms with Crippen molar-refractivity contribution in [2.45, 2.75) is 45.7 Å². The van der Waals surface area contributed by atoms with E-state index in [0.29, 0.717) is 16.6 Å². The Kier molecular flexibility index (Phi) is 5.06. The predicted molar refractivity (Wildman–Crippen MR) is 83.4 cm³/mol. The maximum atomic E-state index is 12.8. The summed E-state index contributed by atoms with van der Waals surface area (Å²) >= 11 is 6.24. The first-order valence-corrected chi connectivity index (χ1v) is 7.75. The molecule has 20 heavy (non-hydrogen) atoms. The van der Waals surface area contributed by atoms with Crippen LogP contribution >= 0.6 is 11.6 Å². The summed E-state index contributed by atoms with van der Waals surface area (Å²) < 4.78 is 0. The maximum absolute atomic E-state index is 12.8. The molecule has 1 saturated heterocycles. The van der Waals surface area contributed by atoms with Crippen LogP contribution in [0.15, 0.2) is 18.2 Å². The maximum Gasteiger partial charge on any atom is 0.255 e. The molecule has 0 bridgehead atoms.